The number of amides is 2. The molecule has 1 N–H and O–H groups in total. The van der Waals surface area contributed by atoms with Gasteiger partial charge in [-0.25, -0.2) is 13.8 Å². The first-order valence-corrected chi connectivity index (χ1v) is 10.8. The molecule has 3 aromatic heterocycles. The zero-order chi connectivity index (χ0) is 22.3. The van der Waals surface area contributed by atoms with Crippen molar-refractivity contribution in [1.82, 2.24) is 24.8 Å². The lowest BCUT2D eigenvalue weighted by atomic mass is 10.1. The number of hydrogen-bond donors (Lipinski definition) is 1. The molecule has 5 rings (SSSR count). The van der Waals surface area contributed by atoms with Crippen molar-refractivity contribution in [3.05, 3.63) is 54.1 Å². The van der Waals surface area contributed by atoms with Crippen molar-refractivity contribution in [3.8, 4) is 5.69 Å². The van der Waals surface area contributed by atoms with E-state index in [0.717, 1.165) is 29.5 Å². The lowest BCUT2D eigenvalue weighted by Gasteiger charge is -2.31. The average Bonchev–Trinajstić information content (AvgIpc) is 3.56. The fourth-order valence-corrected chi connectivity index (χ4v) is 3.95. The van der Waals surface area contributed by atoms with Crippen LogP contribution in [0.2, 0.25) is 0 Å². The highest BCUT2D eigenvalue weighted by atomic mass is 19.3. The number of nitrogens with one attached hydrogen (secondary N) is 1. The topological polar surface area (TPSA) is 80.1 Å². The Hall–Kier alpha value is -3.36. The summed E-state index contributed by atoms with van der Waals surface area (Å²) in [4.78, 5) is 34.8. The Labute approximate surface area is 183 Å². The van der Waals surface area contributed by atoms with Crippen molar-refractivity contribution in [2.45, 2.75) is 38.2 Å². The molecule has 0 radical (unpaired) electrons. The van der Waals surface area contributed by atoms with Crippen molar-refractivity contribution >= 4 is 22.8 Å². The standard InChI is InChI=1S/C23H23F2N5O2/c24-23(25)4-7-29(8-5-23)22(32)18-10-17-3-6-30(20(17)27-13-18)19-9-15(11-26-14-19)12-28-21(31)16-1-2-16/h3,6,9-11,13-14,16H,1-2,4-5,7-8,12H2,(H,28,31). The predicted octanol–water partition coefficient (Wildman–Crippen LogP) is 3.32. The van der Waals surface area contributed by atoms with Gasteiger partial charge in [0.1, 0.15) is 5.65 Å². The third kappa shape index (κ3) is 4.19. The van der Waals surface area contributed by atoms with E-state index in [1.54, 1.807) is 18.5 Å². The molecule has 0 aromatic carbocycles. The molecule has 2 amide bonds. The van der Waals surface area contributed by atoms with Crippen LogP contribution in [0.25, 0.3) is 16.7 Å². The summed E-state index contributed by atoms with van der Waals surface area (Å²) >= 11 is 0. The van der Waals surface area contributed by atoms with Crippen LogP contribution >= 0.6 is 0 Å². The number of carbonyl (C=O) groups excluding carboxylic acids is 2. The number of fused-ring (bicyclic) bond motifs is 1. The van der Waals surface area contributed by atoms with Crippen molar-refractivity contribution < 1.29 is 18.4 Å². The Kier molecular flexibility index (Phi) is 5.11. The second kappa shape index (κ2) is 7.96. The molecule has 4 heterocycles. The van der Waals surface area contributed by atoms with E-state index in [-0.39, 0.29) is 43.7 Å². The second-order valence-electron chi connectivity index (χ2n) is 8.51. The maximum atomic E-state index is 13.4. The van der Waals surface area contributed by atoms with Crippen LogP contribution in [0, 0.1) is 5.92 Å². The number of nitrogens with zero attached hydrogens (tertiary/aromatic N) is 4. The summed E-state index contributed by atoms with van der Waals surface area (Å²) in [5.41, 5.74) is 2.72. The number of piperidine rings is 1. The number of halogens is 2. The molecule has 166 valence electrons. The molecule has 32 heavy (non-hydrogen) atoms. The van der Waals surface area contributed by atoms with Crippen molar-refractivity contribution in [3.63, 3.8) is 0 Å². The van der Waals surface area contributed by atoms with E-state index in [1.807, 2.05) is 22.9 Å². The summed E-state index contributed by atoms with van der Waals surface area (Å²) in [5.74, 6) is -2.74. The van der Waals surface area contributed by atoms with Crippen LogP contribution in [0.1, 0.15) is 41.6 Å². The summed E-state index contributed by atoms with van der Waals surface area (Å²) in [6.07, 6.45) is 8.05. The van der Waals surface area contributed by atoms with E-state index in [1.165, 1.54) is 11.1 Å². The van der Waals surface area contributed by atoms with E-state index in [0.29, 0.717) is 17.8 Å². The molecular weight excluding hydrogens is 416 g/mol. The maximum absolute atomic E-state index is 13.4. The Bertz CT molecular complexity index is 1180. The molecule has 9 heteroatoms. The van der Waals surface area contributed by atoms with Crippen molar-refractivity contribution in [1.29, 1.82) is 0 Å². The minimum absolute atomic E-state index is 0.0423. The van der Waals surface area contributed by atoms with Gasteiger partial charge in [-0.1, -0.05) is 0 Å². The van der Waals surface area contributed by atoms with Crippen LogP contribution in [0.3, 0.4) is 0 Å². The van der Waals surface area contributed by atoms with Crippen LogP contribution in [-0.2, 0) is 11.3 Å². The lowest BCUT2D eigenvalue weighted by Crippen LogP contribution is -2.42. The zero-order valence-corrected chi connectivity index (χ0v) is 17.4. The number of likely N-dealkylation sites (tertiary alicyclic amines) is 1. The Morgan fingerprint density at radius 3 is 2.66 bits per heavy atom. The number of alkyl halides is 2. The maximum Gasteiger partial charge on any atom is 0.255 e. The third-order valence-electron chi connectivity index (χ3n) is 6.03. The van der Waals surface area contributed by atoms with Crippen LogP contribution < -0.4 is 5.32 Å². The number of rotatable bonds is 5. The Balaban J connectivity index is 1.33. The number of aromatic nitrogens is 3. The van der Waals surface area contributed by atoms with E-state index in [4.69, 9.17) is 0 Å². The molecule has 7 nitrogen and oxygen atoms in total. The van der Waals surface area contributed by atoms with Gasteiger partial charge in [0.05, 0.1) is 17.4 Å². The molecule has 1 saturated carbocycles. The monoisotopic (exact) mass is 439 g/mol. The highest BCUT2D eigenvalue weighted by Crippen LogP contribution is 2.29. The SMILES string of the molecule is O=C(NCc1cncc(-n2ccc3cc(C(=O)N4CCC(F)(F)CC4)cnc32)c1)C1CC1. The van der Waals surface area contributed by atoms with Gasteiger partial charge in [0, 0.05) is 62.4 Å². The molecule has 1 aliphatic heterocycles. The van der Waals surface area contributed by atoms with Gasteiger partial charge >= 0.3 is 0 Å². The fraction of sp³-hybridized carbons (Fsp3) is 0.391. The predicted molar refractivity (Wildman–Crippen MR) is 114 cm³/mol. The van der Waals surface area contributed by atoms with E-state index < -0.39 is 5.92 Å². The first-order chi connectivity index (χ1) is 15.4. The summed E-state index contributed by atoms with van der Waals surface area (Å²) in [7, 11) is 0. The lowest BCUT2D eigenvalue weighted by molar-refractivity contribution is -0.122. The molecule has 0 unspecified atom stereocenters. The molecular formula is C23H23F2N5O2. The Morgan fingerprint density at radius 2 is 1.91 bits per heavy atom. The number of hydrogen-bond acceptors (Lipinski definition) is 4. The first-order valence-electron chi connectivity index (χ1n) is 10.8. The third-order valence-corrected chi connectivity index (χ3v) is 6.03. The van der Waals surface area contributed by atoms with Gasteiger partial charge in [-0.05, 0) is 36.6 Å². The molecule has 0 spiro atoms. The second-order valence-corrected chi connectivity index (χ2v) is 8.51. The highest BCUT2D eigenvalue weighted by Gasteiger charge is 2.36. The summed E-state index contributed by atoms with van der Waals surface area (Å²) < 4.78 is 28.6. The van der Waals surface area contributed by atoms with Crippen molar-refractivity contribution in [2.24, 2.45) is 5.92 Å². The summed E-state index contributed by atoms with van der Waals surface area (Å²) in [6, 6.07) is 5.53. The van der Waals surface area contributed by atoms with E-state index >= 15 is 0 Å². The largest absolute Gasteiger partial charge is 0.352 e. The smallest absolute Gasteiger partial charge is 0.255 e. The van der Waals surface area contributed by atoms with Gasteiger partial charge in [-0.3, -0.25) is 19.1 Å². The molecule has 2 aliphatic rings. The minimum atomic E-state index is -2.69. The highest BCUT2D eigenvalue weighted by molar-refractivity contribution is 5.97. The normalized spacial score (nSPS) is 18.0. The van der Waals surface area contributed by atoms with Crippen LogP contribution in [0.15, 0.2) is 43.0 Å². The molecule has 2 fully saturated rings. The van der Waals surface area contributed by atoms with Crippen molar-refractivity contribution in [2.75, 3.05) is 13.1 Å². The number of pyridine rings is 2. The van der Waals surface area contributed by atoms with Crippen LogP contribution in [-0.4, -0.2) is 50.3 Å². The minimum Gasteiger partial charge on any atom is -0.352 e. The van der Waals surface area contributed by atoms with Crippen LogP contribution in [0.5, 0.6) is 0 Å². The molecule has 3 aromatic rings. The van der Waals surface area contributed by atoms with Crippen LogP contribution in [0.4, 0.5) is 8.78 Å². The van der Waals surface area contributed by atoms with Gasteiger partial charge in [-0.2, -0.15) is 0 Å². The quantitative estimate of drug-likeness (QED) is 0.662. The molecule has 0 bridgehead atoms. The number of carbonyl (C=O) groups is 2. The van der Waals surface area contributed by atoms with Gasteiger partial charge in [-0.15, -0.1) is 0 Å². The van der Waals surface area contributed by atoms with Gasteiger partial charge < -0.3 is 10.2 Å². The summed E-state index contributed by atoms with van der Waals surface area (Å²) in [6.45, 7) is 0.498. The van der Waals surface area contributed by atoms with E-state index in [9.17, 15) is 18.4 Å². The molecule has 1 saturated heterocycles. The van der Waals surface area contributed by atoms with Gasteiger partial charge in [0.2, 0.25) is 5.91 Å². The zero-order valence-electron chi connectivity index (χ0n) is 17.4. The van der Waals surface area contributed by atoms with Gasteiger partial charge in [0.25, 0.3) is 11.8 Å². The van der Waals surface area contributed by atoms with E-state index in [2.05, 4.69) is 15.3 Å². The Morgan fingerprint density at radius 1 is 1.12 bits per heavy atom. The van der Waals surface area contributed by atoms with Gasteiger partial charge in [0.15, 0.2) is 0 Å². The fourth-order valence-electron chi connectivity index (χ4n) is 3.95. The first kappa shape index (κ1) is 20.5. The molecule has 0 atom stereocenters. The summed E-state index contributed by atoms with van der Waals surface area (Å²) in [5, 5.41) is 3.70. The molecule has 1 aliphatic carbocycles. The average molecular weight is 439 g/mol.